The van der Waals surface area contributed by atoms with E-state index in [1.54, 1.807) is 0 Å². The highest BCUT2D eigenvalue weighted by Crippen LogP contribution is 2.24. The predicted molar refractivity (Wildman–Crippen MR) is 121 cm³/mol. The number of aromatic nitrogens is 2. The molecule has 160 valence electrons. The van der Waals surface area contributed by atoms with Crippen LogP contribution in [-0.2, 0) is 4.74 Å². The van der Waals surface area contributed by atoms with E-state index in [2.05, 4.69) is 54.8 Å². The fourth-order valence-electron chi connectivity index (χ4n) is 3.62. The summed E-state index contributed by atoms with van der Waals surface area (Å²) in [5.41, 5.74) is 12.4. The van der Waals surface area contributed by atoms with Crippen LogP contribution in [0.15, 0.2) is 59.7 Å². The molecule has 2 heterocycles. The largest absolute Gasteiger partial charge is 0.412 e. The van der Waals surface area contributed by atoms with Gasteiger partial charge in [0, 0.05) is 44.5 Å². The summed E-state index contributed by atoms with van der Waals surface area (Å²) in [5.74, 6) is 0.738. The molecule has 1 saturated heterocycles. The van der Waals surface area contributed by atoms with E-state index in [-0.39, 0.29) is 6.02 Å². The van der Waals surface area contributed by atoms with Gasteiger partial charge in [-0.15, -0.1) is 0 Å². The van der Waals surface area contributed by atoms with Crippen molar-refractivity contribution in [1.29, 1.82) is 0 Å². The van der Waals surface area contributed by atoms with Crippen molar-refractivity contribution in [2.45, 2.75) is 0 Å². The van der Waals surface area contributed by atoms with Gasteiger partial charge in [-0.25, -0.2) is 19.8 Å². The van der Waals surface area contributed by atoms with E-state index >= 15 is 0 Å². The average Bonchev–Trinajstić information content (AvgIpc) is 2.79. The normalized spacial score (nSPS) is 15.2. The van der Waals surface area contributed by atoms with Crippen LogP contribution in [0.25, 0.3) is 22.0 Å². The van der Waals surface area contributed by atoms with Crippen LogP contribution in [0.4, 0.5) is 10.7 Å². The molecule has 9 heteroatoms. The van der Waals surface area contributed by atoms with Gasteiger partial charge in [0.2, 0.25) is 5.95 Å². The minimum atomic E-state index is -0.958. The van der Waals surface area contributed by atoms with Gasteiger partial charge in [-0.1, -0.05) is 36.4 Å². The van der Waals surface area contributed by atoms with Gasteiger partial charge in [-0.05, 0) is 22.9 Å². The van der Waals surface area contributed by atoms with Crippen molar-refractivity contribution >= 4 is 28.8 Å². The average molecular weight is 419 g/mol. The number of carbonyl (C=O) groups excluding carboxylic acids is 1. The zero-order chi connectivity index (χ0) is 21.6. The van der Waals surface area contributed by atoms with E-state index in [0.29, 0.717) is 13.1 Å². The number of rotatable bonds is 5. The van der Waals surface area contributed by atoms with Crippen molar-refractivity contribution in [3.05, 3.63) is 54.7 Å². The van der Waals surface area contributed by atoms with Gasteiger partial charge in [-0.2, -0.15) is 0 Å². The third-order valence-electron chi connectivity index (χ3n) is 5.23. The topological polar surface area (TPSA) is 123 Å². The van der Waals surface area contributed by atoms with E-state index in [4.69, 9.17) is 16.5 Å². The van der Waals surface area contributed by atoms with E-state index in [9.17, 15) is 4.79 Å². The highest BCUT2D eigenvalue weighted by Gasteiger charge is 2.19. The van der Waals surface area contributed by atoms with Crippen molar-refractivity contribution in [2.24, 2.45) is 16.5 Å². The molecule has 4 rings (SSSR count). The third kappa shape index (κ3) is 5.26. The number of nitrogens with zero attached hydrogens (tertiary/aromatic N) is 5. The number of amides is 1. The van der Waals surface area contributed by atoms with E-state index in [1.807, 2.05) is 24.4 Å². The summed E-state index contributed by atoms with van der Waals surface area (Å²) in [4.78, 5) is 28.4. The Bertz CT molecular complexity index is 1090. The Morgan fingerprint density at radius 3 is 2.58 bits per heavy atom. The minimum Gasteiger partial charge on any atom is -0.376 e. The number of hydrogen-bond acceptors (Lipinski definition) is 7. The zero-order valence-electron chi connectivity index (χ0n) is 17.1. The van der Waals surface area contributed by atoms with E-state index < -0.39 is 6.09 Å². The Kier molecular flexibility index (Phi) is 6.23. The van der Waals surface area contributed by atoms with Crippen LogP contribution < -0.4 is 16.4 Å². The van der Waals surface area contributed by atoms with Gasteiger partial charge in [-0.3, -0.25) is 4.90 Å². The zero-order valence-corrected chi connectivity index (χ0v) is 17.1. The molecule has 1 aliphatic heterocycles. The summed E-state index contributed by atoms with van der Waals surface area (Å²) in [5, 5.41) is 2.40. The highest BCUT2D eigenvalue weighted by atomic mass is 16.6. The van der Waals surface area contributed by atoms with Gasteiger partial charge in [0.15, 0.2) is 0 Å². The van der Waals surface area contributed by atoms with Crippen LogP contribution in [0, 0.1) is 0 Å². The van der Waals surface area contributed by atoms with Crippen molar-refractivity contribution in [3.63, 3.8) is 0 Å². The fraction of sp³-hybridized carbons (Fsp3) is 0.273. The summed E-state index contributed by atoms with van der Waals surface area (Å²) in [6.45, 7) is 4.50. The van der Waals surface area contributed by atoms with Crippen molar-refractivity contribution < 1.29 is 9.53 Å². The maximum absolute atomic E-state index is 10.6. The Balaban J connectivity index is 1.36. The van der Waals surface area contributed by atoms with Crippen LogP contribution in [0.3, 0.4) is 0 Å². The van der Waals surface area contributed by atoms with Gasteiger partial charge in [0.1, 0.15) is 0 Å². The second-order valence-corrected chi connectivity index (χ2v) is 7.27. The van der Waals surface area contributed by atoms with Crippen molar-refractivity contribution in [3.8, 4) is 11.3 Å². The van der Waals surface area contributed by atoms with Gasteiger partial charge in [0.25, 0.3) is 6.02 Å². The number of fused-ring (bicyclic) bond motifs is 1. The standard InChI is InChI=1S/C22H25N7O2/c23-20(31-21(24)30)25-9-10-28-11-13-29(14-12-28)22-26-8-7-19(27-22)18-6-5-16-3-1-2-4-17(16)15-18/h1-8,15H,9-14H2,(H2,23,25)(H2,24,30). The number of carbonyl (C=O) groups is 1. The van der Waals surface area contributed by atoms with Gasteiger partial charge >= 0.3 is 6.09 Å². The maximum atomic E-state index is 10.6. The number of primary amides is 1. The number of amidine groups is 1. The Morgan fingerprint density at radius 1 is 1.03 bits per heavy atom. The second kappa shape index (κ2) is 9.40. The van der Waals surface area contributed by atoms with Gasteiger partial charge < -0.3 is 21.1 Å². The minimum absolute atomic E-state index is 0.204. The Morgan fingerprint density at radius 2 is 1.81 bits per heavy atom. The highest BCUT2D eigenvalue weighted by molar-refractivity contribution is 5.87. The van der Waals surface area contributed by atoms with Crippen LogP contribution in [0.5, 0.6) is 0 Å². The second-order valence-electron chi connectivity index (χ2n) is 7.27. The number of hydrogen-bond donors (Lipinski definition) is 2. The molecule has 1 aromatic heterocycles. The predicted octanol–water partition coefficient (Wildman–Crippen LogP) is 1.83. The summed E-state index contributed by atoms with van der Waals surface area (Å²) < 4.78 is 4.51. The van der Waals surface area contributed by atoms with Crippen molar-refractivity contribution in [1.82, 2.24) is 14.9 Å². The molecule has 0 saturated carbocycles. The number of piperazine rings is 1. The lowest BCUT2D eigenvalue weighted by Gasteiger charge is -2.34. The number of nitrogens with two attached hydrogens (primary N) is 2. The first kappa shape index (κ1) is 20.5. The lowest BCUT2D eigenvalue weighted by molar-refractivity contribution is 0.206. The molecule has 1 amide bonds. The molecular weight excluding hydrogens is 394 g/mol. The molecule has 31 heavy (non-hydrogen) atoms. The lowest BCUT2D eigenvalue weighted by Crippen LogP contribution is -2.47. The quantitative estimate of drug-likeness (QED) is 0.478. The van der Waals surface area contributed by atoms with E-state index in [1.165, 1.54) is 10.8 Å². The number of benzene rings is 2. The summed E-state index contributed by atoms with van der Waals surface area (Å²) >= 11 is 0. The summed E-state index contributed by atoms with van der Waals surface area (Å²) in [7, 11) is 0. The molecule has 1 fully saturated rings. The van der Waals surface area contributed by atoms with Crippen LogP contribution in [0.1, 0.15) is 0 Å². The molecule has 9 nitrogen and oxygen atoms in total. The van der Waals surface area contributed by atoms with Crippen LogP contribution in [0.2, 0.25) is 0 Å². The summed E-state index contributed by atoms with van der Waals surface area (Å²) in [6, 6.07) is 16.4. The number of anilines is 1. The molecule has 4 N–H and O–H groups in total. The third-order valence-corrected chi connectivity index (χ3v) is 5.23. The molecule has 0 bridgehead atoms. The van der Waals surface area contributed by atoms with Crippen LogP contribution in [-0.4, -0.2) is 66.3 Å². The molecule has 0 radical (unpaired) electrons. The van der Waals surface area contributed by atoms with E-state index in [0.717, 1.165) is 43.4 Å². The fourth-order valence-corrected chi connectivity index (χ4v) is 3.62. The molecule has 0 unspecified atom stereocenters. The first-order valence-electron chi connectivity index (χ1n) is 10.2. The monoisotopic (exact) mass is 419 g/mol. The molecular formula is C22H25N7O2. The molecule has 0 atom stereocenters. The molecule has 3 aromatic rings. The number of ether oxygens (including phenoxy) is 1. The molecule has 0 aliphatic carbocycles. The lowest BCUT2D eigenvalue weighted by atomic mass is 10.1. The smallest absolute Gasteiger partial charge is 0.376 e. The summed E-state index contributed by atoms with van der Waals surface area (Å²) in [6.07, 6.45) is 0.857. The van der Waals surface area contributed by atoms with Crippen LogP contribution >= 0.6 is 0 Å². The SMILES string of the molecule is NC(=O)OC(N)=NCCN1CCN(c2nccc(-c3ccc4ccccc4c3)n2)CC1. The molecule has 2 aromatic carbocycles. The maximum Gasteiger partial charge on any atom is 0.412 e. The molecule has 1 aliphatic rings. The first-order valence-corrected chi connectivity index (χ1v) is 10.2. The Hall–Kier alpha value is -3.72. The first-order chi connectivity index (χ1) is 15.1. The van der Waals surface area contributed by atoms with Crippen molar-refractivity contribution in [2.75, 3.05) is 44.2 Å². The molecule has 0 spiro atoms. The Labute approximate surface area is 180 Å². The van der Waals surface area contributed by atoms with Gasteiger partial charge in [0.05, 0.1) is 12.2 Å². The number of aliphatic imine (C=N–C) groups is 1.